The zero-order chi connectivity index (χ0) is 20.5. The monoisotopic (exact) mass is 397 g/mol. The van der Waals surface area contributed by atoms with Crippen LogP contribution in [0.1, 0.15) is 28.0 Å². The molecule has 1 spiro atoms. The number of nitrogens with two attached hydrogens (primary N) is 1. The summed E-state index contributed by atoms with van der Waals surface area (Å²) >= 11 is 0. The quantitative estimate of drug-likeness (QED) is 0.693. The van der Waals surface area contributed by atoms with E-state index >= 15 is 0 Å². The fourth-order valence-electron chi connectivity index (χ4n) is 4.44. The molecule has 7 nitrogen and oxygen atoms in total. The number of nitrogens with one attached hydrogen (secondary N) is 1. The van der Waals surface area contributed by atoms with Crippen LogP contribution in [0.15, 0.2) is 30.3 Å². The van der Waals surface area contributed by atoms with Crippen molar-refractivity contribution >= 4 is 28.7 Å². The lowest BCUT2D eigenvalue weighted by Gasteiger charge is -2.33. The van der Waals surface area contributed by atoms with Gasteiger partial charge in [0.25, 0.3) is 11.8 Å². The smallest absolute Gasteiger partial charge is 0.255 e. The van der Waals surface area contributed by atoms with Crippen LogP contribution >= 0.6 is 0 Å². The van der Waals surface area contributed by atoms with Crippen LogP contribution in [0.3, 0.4) is 0 Å². The van der Waals surface area contributed by atoms with Crippen LogP contribution in [0, 0.1) is 11.6 Å². The number of aromatic nitrogens is 2. The number of carbonyl (C=O) groups excluding carboxylic acids is 2. The summed E-state index contributed by atoms with van der Waals surface area (Å²) in [6.45, 7) is 0.544. The zero-order valence-corrected chi connectivity index (χ0v) is 15.5. The Balaban J connectivity index is 1.62. The fraction of sp³-hybridized carbons (Fsp3) is 0.250. The van der Waals surface area contributed by atoms with E-state index in [1.165, 1.54) is 29.2 Å². The van der Waals surface area contributed by atoms with Crippen LogP contribution in [-0.4, -0.2) is 45.2 Å². The molecule has 1 fully saturated rings. The van der Waals surface area contributed by atoms with E-state index in [0.717, 1.165) is 0 Å². The molecule has 2 aliphatic heterocycles. The summed E-state index contributed by atoms with van der Waals surface area (Å²) in [6, 6.07) is 6.86. The van der Waals surface area contributed by atoms with Gasteiger partial charge in [-0.05, 0) is 18.2 Å². The first-order chi connectivity index (χ1) is 13.8. The molecule has 2 aromatic heterocycles. The second-order valence-corrected chi connectivity index (χ2v) is 7.50. The second kappa shape index (κ2) is 5.76. The number of fused-ring (bicyclic) bond motifs is 3. The predicted octanol–water partition coefficient (Wildman–Crippen LogP) is 2.14. The van der Waals surface area contributed by atoms with Gasteiger partial charge in [0, 0.05) is 42.9 Å². The van der Waals surface area contributed by atoms with Gasteiger partial charge in [-0.15, -0.1) is 0 Å². The van der Waals surface area contributed by atoms with Crippen molar-refractivity contribution < 1.29 is 18.4 Å². The molecule has 1 aromatic carbocycles. The number of halogens is 2. The van der Waals surface area contributed by atoms with E-state index in [9.17, 15) is 18.4 Å². The number of anilines is 1. The third-order valence-corrected chi connectivity index (χ3v) is 5.84. The number of H-pyrrole nitrogens is 1. The van der Waals surface area contributed by atoms with Crippen molar-refractivity contribution in [1.29, 1.82) is 0 Å². The van der Waals surface area contributed by atoms with Crippen LogP contribution in [0.2, 0.25) is 0 Å². The van der Waals surface area contributed by atoms with Crippen molar-refractivity contribution in [3.05, 3.63) is 58.8 Å². The highest BCUT2D eigenvalue weighted by Gasteiger charge is 2.58. The van der Waals surface area contributed by atoms with Gasteiger partial charge in [0.15, 0.2) is 11.6 Å². The van der Waals surface area contributed by atoms with Crippen molar-refractivity contribution in [2.45, 2.75) is 18.5 Å². The molecule has 0 radical (unpaired) electrons. The maximum absolute atomic E-state index is 13.8. The Morgan fingerprint density at radius 2 is 2.03 bits per heavy atom. The molecule has 0 aliphatic carbocycles. The van der Waals surface area contributed by atoms with Crippen LogP contribution < -0.4 is 5.73 Å². The Morgan fingerprint density at radius 1 is 1.24 bits per heavy atom. The van der Waals surface area contributed by atoms with Crippen LogP contribution in [0.5, 0.6) is 0 Å². The maximum atomic E-state index is 13.8. The number of likely N-dealkylation sites (tertiary alicyclic amines) is 1. The molecule has 2 amide bonds. The number of aromatic amines is 1. The van der Waals surface area contributed by atoms with E-state index < -0.39 is 23.1 Å². The van der Waals surface area contributed by atoms with Gasteiger partial charge >= 0.3 is 0 Å². The molecule has 0 bridgehead atoms. The molecule has 148 valence electrons. The topological polar surface area (TPSA) is 95.3 Å². The van der Waals surface area contributed by atoms with Gasteiger partial charge in [-0.2, -0.15) is 0 Å². The number of benzene rings is 1. The zero-order valence-electron chi connectivity index (χ0n) is 15.5. The van der Waals surface area contributed by atoms with Gasteiger partial charge in [0.05, 0.1) is 17.6 Å². The average molecular weight is 397 g/mol. The minimum Gasteiger partial charge on any atom is -0.381 e. The number of pyridine rings is 1. The minimum atomic E-state index is -1.18. The fourth-order valence-corrected chi connectivity index (χ4v) is 4.44. The molecule has 0 unspecified atom stereocenters. The molecule has 9 heteroatoms. The standard InChI is InChI=1S/C20H17F2N5O2/c1-26-5-4-20(19(26)29)13-3-2-10(21)6-12(13)18(28)27(20)9-11-7-15-16(24-11)8-14(22)17(23)25-15/h2-3,6-8,24H,4-5,9H2,1H3,(H2,23,25)/t20-/m0/s1. The Hall–Kier alpha value is -3.49. The number of hydrogen-bond acceptors (Lipinski definition) is 4. The molecule has 3 aromatic rings. The molecule has 4 heterocycles. The number of likely N-dealkylation sites (N-methyl/N-ethyl adjacent to an activating group) is 1. The summed E-state index contributed by atoms with van der Waals surface area (Å²) in [6.07, 6.45) is 0.409. The second-order valence-electron chi connectivity index (χ2n) is 7.50. The number of nitrogens with zero attached hydrogens (tertiary/aromatic N) is 3. The number of hydrogen-bond donors (Lipinski definition) is 2. The van der Waals surface area contributed by atoms with Gasteiger partial charge in [-0.1, -0.05) is 6.07 Å². The summed E-state index contributed by atoms with van der Waals surface area (Å²) in [5.74, 6) is -2.02. The molecule has 1 saturated heterocycles. The van der Waals surface area contributed by atoms with Crippen molar-refractivity contribution in [3.8, 4) is 0 Å². The van der Waals surface area contributed by atoms with Gasteiger partial charge in [0.1, 0.15) is 11.4 Å². The molecule has 5 rings (SSSR count). The highest BCUT2D eigenvalue weighted by Crippen LogP contribution is 2.47. The van der Waals surface area contributed by atoms with Gasteiger partial charge in [-0.25, -0.2) is 13.8 Å². The Morgan fingerprint density at radius 3 is 2.76 bits per heavy atom. The van der Waals surface area contributed by atoms with E-state index in [4.69, 9.17) is 5.73 Å². The van der Waals surface area contributed by atoms with E-state index in [2.05, 4.69) is 9.97 Å². The van der Waals surface area contributed by atoms with Crippen LogP contribution in [-0.2, 0) is 16.9 Å². The summed E-state index contributed by atoms with van der Waals surface area (Å²) in [7, 11) is 1.68. The third kappa shape index (κ3) is 2.30. The average Bonchev–Trinajstić information content (AvgIpc) is 3.27. The molecular formula is C20H17F2N5O2. The maximum Gasteiger partial charge on any atom is 0.255 e. The first-order valence-electron chi connectivity index (χ1n) is 9.12. The van der Waals surface area contributed by atoms with Gasteiger partial charge in [0.2, 0.25) is 0 Å². The third-order valence-electron chi connectivity index (χ3n) is 5.84. The first kappa shape index (κ1) is 17.6. The molecule has 1 atom stereocenters. The number of rotatable bonds is 2. The summed E-state index contributed by atoms with van der Waals surface area (Å²) < 4.78 is 27.5. The Labute approximate surface area is 164 Å². The van der Waals surface area contributed by atoms with Crippen LogP contribution in [0.4, 0.5) is 14.6 Å². The largest absolute Gasteiger partial charge is 0.381 e. The van der Waals surface area contributed by atoms with E-state index in [0.29, 0.717) is 35.3 Å². The Bertz CT molecular complexity index is 1170. The van der Waals surface area contributed by atoms with Crippen molar-refractivity contribution in [2.24, 2.45) is 0 Å². The number of amides is 2. The molecular weight excluding hydrogens is 380 g/mol. The molecule has 0 saturated carbocycles. The van der Waals surface area contributed by atoms with Crippen molar-refractivity contribution in [2.75, 3.05) is 19.3 Å². The SMILES string of the molecule is CN1CC[C@@]2(C1=O)c1ccc(F)cc1C(=O)N2Cc1cc2nc(N)c(F)cc2[nH]1. The highest BCUT2D eigenvalue weighted by atomic mass is 19.1. The minimum absolute atomic E-state index is 0.0621. The molecule has 2 aliphatic rings. The first-order valence-corrected chi connectivity index (χ1v) is 9.12. The van der Waals surface area contributed by atoms with E-state index in [1.54, 1.807) is 18.0 Å². The lowest BCUT2D eigenvalue weighted by molar-refractivity contribution is -0.136. The predicted molar refractivity (Wildman–Crippen MR) is 101 cm³/mol. The summed E-state index contributed by atoms with van der Waals surface area (Å²) in [5, 5.41) is 0. The number of carbonyl (C=O) groups is 2. The number of nitrogen functional groups attached to an aromatic ring is 1. The summed E-state index contributed by atoms with van der Waals surface area (Å²) in [5.41, 5.74) is 6.53. The van der Waals surface area contributed by atoms with Crippen molar-refractivity contribution in [3.63, 3.8) is 0 Å². The van der Waals surface area contributed by atoms with Gasteiger partial charge < -0.3 is 20.5 Å². The lowest BCUT2D eigenvalue weighted by atomic mass is 9.88. The van der Waals surface area contributed by atoms with E-state index in [1.807, 2.05) is 0 Å². The van der Waals surface area contributed by atoms with Gasteiger partial charge in [-0.3, -0.25) is 9.59 Å². The Kier molecular flexibility index (Phi) is 3.49. The van der Waals surface area contributed by atoms with Crippen LogP contribution in [0.25, 0.3) is 11.0 Å². The van der Waals surface area contributed by atoms with E-state index in [-0.39, 0.29) is 23.8 Å². The van der Waals surface area contributed by atoms with Crippen molar-refractivity contribution in [1.82, 2.24) is 19.8 Å². The summed E-state index contributed by atoms with van der Waals surface area (Å²) in [4.78, 5) is 36.4. The molecule has 29 heavy (non-hydrogen) atoms. The lowest BCUT2D eigenvalue weighted by Crippen LogP contribution is -2.48. The normalized spacial score (nSPS) is 21.1. The highest BCUT2D eigenvalue weighted by molar-refractivity contribution is 6.07. The molecule has 3 N–H and O–H groups in total.